The SMILES string of the molecule is O=C(c1ccccc1)C(CCF)S(=O)(=O)O. The molecule has 1 aromatic carbocycles. The second-order valence-corrected chi connectivity index (χ2v) is 4.81. The molecule has 0 aliphatic rings. The van der Waals surface area contributed by atoms with Crippen molar-refractivity contribution in [3.05, 3.63) is 35.9 Å². The van der Waals surface area contributed by atoms with Crippen molar-refractivity contribution in [3.8, 4) is 0 Å². The summed E-state index contributed by atoms with van der Waals surface area (Å²) in [4.78, 5) is 11.7. The molecule has 1 N–H and O–H groups in total. The fourth-order valence-electron chi connectivity index (χ4n) is 1.30. The van der Waals surface area contributed by atoms with E-state index in [9.17, 15) is 17.6 Å². The Balaban J connectivity index is 3.02. The number of ketones is 1. The molecule has 1 atom stereocenters. The van der Waals surface area contributed by atoms with Crippen LogP contribution in [0.5, 0.6) is 0 Å². The van der Waals surface area contributed by atoms with Crippen molar-refractivity contribution >= 4 is 15.9 Å². The smallest absolute Gasteiger partial charge is 0.275 e. The number of halogens is 1. The third kappa shape index (κ3) is 3.11. The van der Waals surface area contributed by atoms with Gasteiger partial charge in [0.15, 0.2) is 11.0 Å². The molecule has 4 nitrogen and oxygen atoms in total. The molecule has 1 unspecified atom stereocenters. The number of Topliss-reactive ketones (excluding diaryl/α,β-unsaturated/α-hetero) is 1. The average Bonchev–Trinajstić information content (AvgIpc) is 2.25. The zero-order chi connectivity index (χ0) is 12.2. The third-order valence-corrected chi connectivity index (χ3v) is 3.25. The Labute approximate surface area is 92.8 Å². The maximum atomic E-state index is 12.1. The second-order valence-electron chi connectivity index (χ2n) is 3.21. The zero-order valence-corrected chi connectivity index (χ0v) is 9.15. The molecule has 16 heavy (non-hydrogen) atoms. The van der Waals surface area contributed by atoms with Crippen LogP contribution in [0, 0.1) is 0 Å². The molecule has 0 radical (unpaired) electrons. The summed E-state index contributed by atoms with van der Waals surface area (Å²) < 4.78 is 42.8. The summed E-state index contributed by atoms with van der Waals surface area (Å²) in [6, 6.07) is 7.61. The highest BCUT2D eigenvalue weighted by Crippen LogP contribution is 2.13. The fourth-order valence-corrected chi connectivity index (χ4v) is 2.10. The van der Waals surface area contributed by atoms with E-state index in [0.717, 1.165) is 0 Å². The Kier molecular flexibility index (Phi) is 4.14. The van der Waals surface area contributed by atoms with Gasteiger partial charge in [0, 0.05) is 12.0 Å². The number of hydrogen-bond donors (Lipinski definition) is 1. The van der Waals surface area contributed by atoms with E-state index in [-0.39, 0.29) is 5.56 Å². The van der Waals surface area contributed by atoms with Gasteiger partial charge in [0.05, 0.1) is 6.67 Å². The van der Waals surface area contributed by atoms with Crippen molar-refractivity contribution in [2.45, 2.75) is 11.7 Å². The topological polar surface area (TPSA) is 71.4 Å². The molecule has 0 bridgehead atoms. The van der Waals surface area contributed by atoms with Crippen LogP contribution in [0.4, 0.5) is 4.39 Å². The molecular formula is C10H11FO4S. The van der Waals surface area contributed by atoms with Gasteiger partial charge < -0.3 is 0 Å². The van der Waals surface area contributed by atoms with Crippen molar-refractivity contribution < 1.29 is 22.2 Å². The maximum Gasteiger partial charge on any atom is 0.275 e. The van der Waals surface area contributed by atoms with E-state index in [1.807, 2.05) is 0 Å². The summed E-state index contributed by atoms with van der Waals surface area (Å²) in [7, 11) is -4.56. The molecule has 6 heteroatoms. The number of benzene rings is 1. The lowest BCUT2D eigenvalue weighted by atomic mass is 10.1. The van der Waals surface area contributed by atoms with E-state index >= 15 is 0 Å². The fraction of sp³-hybridized carbons (Fsp3) is 0.300. The zero-order valence-electron chi connectivity index (χ0n) is 8.34. The van der Waals surface area contributed by atoms with E-state index in [1.165, 1.54) is 12.1 Å². The van der Waals surface area contributed by atoms with Crippen LogP contribution in [0.15, 0.2) is 30.3 Å². The molecule has 0 fully saturated rings. The van der Waals surface area contributed by atoms with E-state index in [0.29, 0.717) is 0 Å². The van der Waals surface area contributed by atoms with E-state index in [1.54, 1.807) is 18.2 Å². The van der Waals surface area contributed by atoms with E-state index in [4.69, 9.17) is 4.55 Å². The monoisotopic (exact) mass is 246 g/mol. The summed E-state index contributed by atoms with van der Waals surface area (Å²) >= 11 is 0. The molecule has 0 aromatic heterocycles. The van der Waals surface area contributed by atoms with Gasteiger partial charge in [-0.2, -0.15) is 8.42 Å². The van der Waals surface area contributed by atoms with Gasteiger partial charge >= 0.3 is 0 Å². The Hall–Kier alpha value is -1.27. The standard InChI is InChI=1S/C10H11FO4S/c11-7-6-9(16(13,14)15)10(12)8-4-2-1-3-5-8/h1-5,9H,6-7H2,(H,13,14,15). The lowest BCUT2D eigenvalue weighted by molar-refractivity contribution is 0.0978. The van der Waals surface area contributed by atoms with Crippen molar-refractivity contribution in [1.29, 1.82) is 0 Å². The van der Waals surface area contributed by atoms with Crippen LogP contribution in [-0.2, 0) is 10.1 Å². The first-order chi connectivity index (χ1) is 7.46. The van der Waals surface area contributed by atoms with Crippen LogP contribution in [0.25, 0.3) is 0 Å². The van der Waals surface area contributed by atoms with Crippen LogP contribution >= 0.6 is 0 Å². The molecule has 0 aliphatic heterocycles. The van der Waals surface area contributed by atoms with Gasteiger partial charge in [-0.05, 0) is 0 Å². The molecule has 1 rings (SSSR count). The van der Waals surface area contributed by atoms with Gasteiger partial charge in [0.2, 0.25) is 0 Å². The van der Waals surface area contributed by atoms with Crippen LogP contribution < -0.4 is 0 Å². The van der Waals surface area contributed by atoms with E-state index in [2.05, 4.69) is 0 Å². The van der Waals surface area contributed by atoms with Gasteiger partial charge in [-0.15, -0.1) is 0 Å². The summed E-state index contributed by atoms with van der Waals surface area (Å²) in [6.07, 6.45) is -0.535. The van der Waals surface area contributed by atoms with Gasteiger partial charge in [0.25, 0.3) is 10.1 Å². The Morgan fingerprint density at radius 3 is 2.31 bits per heavy atom. The first kappa shape index (κ1) is 12.8. The lowest BCUT2D eigenvalue weighted by Crippen LogP contribution is -2.30. The summed E-state index contributed by atoms with van der Waals surface area (Å²) in [6.45, 7) is -0.983. The minimum atomic E-state index is -4.56. The van der Waals surface area contributed by atoms with Crippen LogP contribution in [0.2, 0.25) is 0 Å². The first-order valence-corrected chi connectivity index (χ1v) is 6.08. The highest BCUT2D eigenvalue weighted by molar-refractivity contribution is 7.87. The first-order valence-electron chi connectivity index (χ1n) is 4.58. The van der Waals surface area contributed by atoms with Crippen molar-refractivity contribution in [2.75, 3.05) is 6.67 Å². The number of carbonyl (C=O) groups is 1. The average molecular weight is 246 g/mol. The van der Waals surface area contributed by atoms with Gasteiger partial charge in [-0.3, -0.25) is 13.7 Å². The Morgan fingerprint density at radius 1 is 1.31 bits per heavy atom. The van der Waals surface area contributed by atoms with Crippen molar-refractivity contribution in [2.24, 2.45) is 0 Å². The highest BCUT2D eigenvalue weighted by Gasteiger charge is 2.31. The second kappa shape index (κ2) is 5.18. The number of carbonyl (C=O) groups excluding carboxylic acids is 1. The lowest BCUT2D eigenvalue weighted by Gasteiger charge is -2.10. The van der Waals surface area contributed by atoms with Crippen LogP contribution in [-0.4, -0.2) is 30.7 Å². The Bertz CT molecular complexity index is 455. The minimum absolute atomic E-state index is 0.138. The number of alkyl halides is 1. The molecule has 0 amide bonds. The third-order valence-electron chi connectivity index (χ3n) is 2.08. The number of hydrogen-bond acceptors (Lipinski definition) is 3. The number of rotatable bonds is 5. The Morgan fingerprint density at radius 2 is 1.88 bits per heavy atom. The highest BCUT2D eigenvalue weighted by atomic mass is 32.2. The molecule has 0 heterocycles. The molecule has 0 saturated carbocycles. The predicted molar refractivity (Wildman–Crippen MR) is 56.7 cm³/mol. The van der Waals surface area contributed by atoms with Crippen LogP contribution in [0.3, 0.4) is 0 Å². The molecule has 0 aliphatic carbocycles. The molecule has 88 valence electrons. The van der Waals surface area contributed by atoms with E-state index < -0.39 is 34.2 Å². The molecule has 0 saturated heterocycles. The predicted octanol–water partition coefficient (Wildman–Crippen LogP) is 1.49. The normalized spacial score (nSPS) is 13.4. The minimum Gasteiger partial charge on any atom is -0.293 e. The van der Waals surface area contributed by atoms with Crippen LogP contribution in [0.1, 0.15) is 16.8 Å². The van der Waals surface area contributed by atoms with Gasteiger partial charge in [-0.25, -0.2) is 0 Å². The van der Waals surface area contributed by atoms with Crippen molar-refractivity contribution in [1.82, 2.24) is 0 Å². The summed E-state index contributed by atoms with van der Waals surface area (Å²) in [5.41, 5.74) is 0.138. The van der Waals surface area contributed by atoms with Crippen molar-refractivity contribution in [3.63, 3.8) is 0 Å². The quantitative estimate of drug-likeness (QED) is 0.631. The maximum absolute atomic E-state index is 12.1. The molecule has 1 aromatic rings. The summed E-state index contributed by atoms with van der Waals surface area (Å²) in [5, 5.41) is -1.72. The molecular weight excluding hydrogens is 235 g/mol. The van der Waals surface area contributed by atoms with Gasteiger partial charge in [0.1, 0.15) is 0 Å². The molecule has 0 spiro atoms. The summed E-state index contributed by atoms with van der Waals surface area (Å²) in [5.74, 6) is -0.791. The largest absolute Gasteiger partial charge is 0.293 e. The van der Waals surface area contributed by atoms with Gasteiger partial charge in [-0.1, -0.05) is 30.3 Å².